The number of nitrogens with one attached hydrogen (secondary N) is 1. The predicted octanol–water partition coefficient (Wildman–Crippen LogP) is 2.49. The Bertz CT molecular complexity index is 966. The first-order valence-corrected chi connectivity index (χ1v) is 9.63. The molecule has 3 rings (SSSR count). The van der Waals surface area contributed by atoms with Crippen molar-refractivity contribution in [1.82, 2.24) is 19.3 Å². The maximum atomic E-state index is 12.3. The molecule has 0 aliphatic heterocycles. The molecule has 2 heterocycles. The van der Waals surface area contributed by atoms with Crippen LogP contribution in [0.25, 0.3) is 0 Å². The van der Waals surface area contributed by atoms with Gasteiger partial charge in [0.15, 0.2) is 16.7 Å². The zero-order chi connectivity index (χ0) is 20.1. The Labute approximate surface area is 167 Å². The summed E-state index contributed by atoms with van der Waals surface area (Å²) in [7, 11) is 7.03. The Hall–Kier alpha value is -2.94. The highest BCUT2D eigenvalue weighted by Crippen LogP contribution is 2.29. The summed E-state index contributed by atoms with van der Waals surface area (Å²) in [6.45, 7) is 0. The van der Waals surface area contributed by atoms with Crippen molar-refractivity contribution >= 4 is 23.4 Å². The van der Waals surface area contributed by atoms with Crippen LogP contribution in [0.1, 0.15) is 11.5 Å². The SMILES string of the molecule is COc1ccc(NC(=O)CSc2nnc(Cc3cccn3C)n2C)cc1OC. The first kappa shape index (κ1) is 19.8. The highest BCUT2D eigenvalue weighted by atomic mass is 32.2. The fourth-order valence-corrected chi connectivity index (χ4v) is 3.44. The standard InChI is InChI=1S/C19H23N5O3S/c1-23-9-5-6-14(23)11-17-21-22-19(24(17)2)28-12-18(25)20-13-7-8-15(26-3)16(10-13)27-4/h5-10H,11-12H2,1-4H3,(H,20,25). The lowest BCUT2D eigenvalue weighted by atomic mass is 10.2. The summed E-state index contributed by atoms with van der Waals surface area (Å²) in [6, 6.07) is 9.30. The van der Waals surface area contributed by atoms with Crippen LogP contribution in [-0.4, -0.2) is 45.2 Å². The normalized spacial score (nSPS) is 10.7. The molecule has 148 valence electrons. The second kappa shape index (κ2) is 8.83. The minimum atomic E-state index is -0.135. The van der Waals surface area contributed by atoms with Crippen molar-refractivity contribution in [1.29, 1.82) is 0 Å². The molecule has 1 amide bonds. The van der Waals surface area contributed by atoms with Gasteiger partial charge in [0.25, 0.3) is 0 Å². The van der Waals surface area contributed by atoms with Gasteiger partial charge in [0.2, 0.25) is 5.91 Å². The predicted molar refractivity (Wildman–Crippen MR) is 108 cm³/mol. The van der Waals surface area contributed by atoms with Gasteiger partial charge in [-0.3, -0.25) is 4.79 Å². The summed E-state index contributed by atoms with van der Waals surface area (Å²) in [4.78, 5) is 12.3. The van der Waals surface area contributed by atoms with E-state index in [2.05, 4.69) is 26.1 Å². The van der Waals surface area contributed by atoms with Crippen LogP contribution in [-0.2, 0) is 25.3 Å². The lowest BCUT2D eigenvalue weighted by Crippen LogP contribution is -2.14. The van der Waals surface area contributed by atoms with Crippen LogP contribution in [0.4, 0.5) is 5.69 Å². The molecule has 2 aromatic heterocycles. The summed E-state index contributed by atoms with van der Waals surface area (Å²) in [5.41, 5.74) is 1.80. The van der Waals surface area contributed by atoms with Crippen molar-refractivity contribution in [3.05, 3.63) is 48.0 Å². The van der Waals surface area contributed by atoms with Crippen LogP contribution >= 0.6 is 11.8 Å². The van der Waals surface area contributed by atoms with E-state index >= 15 is 0 Å². The molecule has 1 N–H and O–H groups in total. The highest BCUT2D eigenvalue weighted by Gasteiger charge is 2.13. The van der Waals surface area contributed by atoms with E-state index in [1.54, 1.807) is 32.4 Å². The molecule has 0 atom stereocenters. The summed E-state index contributed by atoms with van der Waals surface area (Å²) in [6.07, 6.45) is 2.69. The number of methoxy groups -OCH3 is 2. The molecule has 28 heavy (non-hydrogen) atoms. The first-order chi connectivity index (χ1) is 13.5. The Balaban J connectivity index is 1.58. The second-order valence-electron chi connectivity index (χ2n) is 6.15. The van der Waals surface area contributed by atoms with Gasteiger partial charge < -0.3 is 23.9 Å². The number of thioether (sulfide) groups is 1. The molecule has 0 radical (unpaired) electrons. The molecule has 8 nitrogen and oxygen atoms in total. The first-order valence-electron chi connectivity index (χ1n) is 8.65. The number of aromatic nitrogens is 4. The molecule has 0 unspecified atom stereocenters. The third kappa shape index (κ3) is 4.48. The molecule has 0 saturated carbocycles. The average molecular weight is 401 g/mol. The van der Waals surface area contributed by atoms with E-state index in [0.717, 1.165) is 11.5 Å². The number of carbonyl (C=O) groups excluding carboxylic acids is 1. The molecule has 0 fully saturated rings. The Morgan fingerprint density at radius 1 is 1.14 bits per heavy atom. The number of rotatable bonds is 8. The molecule has 0 saturated heterocycles. The van der Waals surface area contributed by atoms with E-state index in [1.807, 2.05) is 30.9 Å². The van der Waals surface area contributed by atoms with E-state index in [-0.39, 0.29) is 11.7 Å². The summed E-state index contributed by atoms with van der Waals surface area (Å²) in [5, 5.41) is 12.0. The quantitative estimate of drug-likeness (QED) is 0.584. The number of aryl methyl sites for hydroxylation is 1. The number of ether oxygens (including phenoxy) is 2. The van der Waals surface area contributed by atoms with Crippen molar-refractivity contribution in [3.63, 3.8) is 0 Å². The molecule has 1 aromatic carbocycles. The number of anilines is 1. The third-order valence-electron chi connectivity index (χ3n) is 4.32. The van der Waals surface area contributed by atoms with Crippen LogP contribution in [0.3, 0.4) is 0 Å². The fourth-order valence-electron chi connectivity index (χ4n) is 2.71. The van der Waals surface area contributed by atoms with Gasteiger partial charge in [0.1, 0.15) is 5.82 Å². The fraction of sp³-hybridized carbons (Fsp3) is 0.316. The summed E-state index contributed by atoms with van der Waals surface area (Å²) < 4.78 is 14.4. The van der Waals surface area contributed by atoms with Crippen LogP contribution in [0.5, 0.6) is 11.5 Å². The van der Waals surface area contributed by atoms with E-state index < -0.39 is 0 Å². The summed E-state index contributed by atoms with van der Waals surface area (Å²) in [5.74, 6) is 2.12. The number of hydrogen-bond acceptors (Lipinski definition) is 6. The van der Waals surface area contributed by atoms with E-state index in [4.69, 9.17) is 9.47 Å². The van der Waals surface area contributed by atoms with Crippen LogP contribution in [0.2, 0.25) is 0 Å². The van der Waals surface area contributed by atoms with Crippen molar-refractivity contribution in [2.45, 2.75) is 11.6 Å². The molecule has 0 aliphatic rings. The lowest BCUT2D eigenvalue weighted by Gasteiger charge is -2.10. The zero-order valence-electron chi connectivity index (χ0n) is 16.3. The van der Waals surface area contributed by atoms with Gasteiger partial charge in [0.05, 0.1) is 20.0 Å². The Morgan fingerprint density at radius 2 is 1.93 bits per heavy atom. The topological polar surface area (TPSA) is 83.2 Å². The van der Waals surface area contributed by atoms with Crippen molar-refractivity contribution in [2.75, 3.05) is 25.3 Å². The smallest absolute Gasteiger partial charge is 0.234 e. The van der Waals surface area contributed by atoms with E-state index in [0.29, 0.717) is 28.8 Å². The maximum Gasteiger partial charge on any atom is 0.234 e. The van der Waals surface area contributed by atoms with Gasteiger partial charge in [0, 0.05) is 44.2 Å². The minimum absolute atomic E-state index is 0.135. The second-order valence-corrected chi connectivity index (χ2v) is 7.09. The number of amides is 1. The lowest BCUT2D eigenvalue weighted by molar-refractivity contribution is -0.113. The number of hydrogen-bond donors (Lipinski definition) is 1. The van der Waals surface area contributed by atoms with Crippen LogP contribution < -0.4 is 14.8 Å². The summed E-state index contributed by atoms with van der Waals surface area (Å²) >= 11 is 1.34. The van der Waals surface area contributed by atoms with Gasteiger partial charge >= 0.3 is 0 Å². The molecule has 3 aromatic rings. The highest BCUT2D eigenvalue weighted by molar-refractivity contribution is 7.99. The Morgan fingerprint density at radius 3 is 2.61 bits per heavy atom. The zero-order valence-corrected chi connectivity index (χ0v) is 17.1. The molecule has 0 aliphatic carbocycles. The van der Waals surface area contributed by atoms with Gasteiger partial charge in [-0.25, -0.2) is 0 Å². The monoisotopic (exact) mass is 401 g/mol. The van der Waals surface area contributed by atoms with Gasteiger partial charge in [-0.05, 0) is 24.3 Å². The van der Waals surface area contributed by atoms with Gasteiger partial charge in [-0.1, -0.05) is 11.8 Å². The van der Waals surface area contributed by atoms with E-state index in [9.17, 15) is 4.79 Å². The van der Waals surface area contributed by atoms with Gasteiger partial charge in [-0.2, -0.15) is 0 Å². The number of nitrogens with zero attached hydrogens (tertiary/aromatic N) is 4. The third-order valence-corrected chi connectivity index (χ3v) is 5.34. The van der Waals surface area contributed by atoms with Crippen molar-refractivity contribution in [3.8, 4) is 11.5 Å². The maximum absolute atomic E-state index is 12.3. The molecule has 9 heteroatoms. The molecule has 0 bridgehead atoms. The number of benzene rings is 1. The van der Waals surface area contributed by atoms with Crippen LogP contribution in [0, 0.1) is 0 Å². The molecule has 0 spiro atoms. The van der Waals surface area contributed by atoms with Crippen LogP contribution in [0.15, 0.2) is 41.7 Å². The van der Waals surface area contributed by atoms with E-state index in [1.165, 1.54) is 11.8 Å². The Kier molecular flexibility index (Phi) is 6.25. The van der Waals surface area contributed by atoms with Gasteiger partial charge in [-0.15, -0.1) is 10.2 Å². The van der Waals surface area contributed by atoms with Crippen molar-refractivity contribution < 1.29 is 14.3 Å². The average Bonchev–Trinajstić information content (AvgIpc) is 3.26. The minimum Gasteiger partial charge on any atom is -0.493 e. The molecular weight excluding hydrogens is 378 g/mol. The number of carbonyl (C=O) groups is 1. The molecular formula is C19H23N5O3S. The largest absolute Gasteiger partial charge is 0.493 e. The van der Waals surface area contributed by atoms with Crippen molar-refractivity contribution in [2.24, 2.45) is 14.1 Å².